The highest BCUT2D eigenvalue weighted by molar-refractivity contribution is 5.67. The molecule has 4 rings (SSSR count). The molecule has 0 unspecified atom stereocenters. The molecule has 0 saturated heterocycles. The molecule has 0 bridgehead atoms. The summed E-state index contributed by atoms with van der Waals surface area (Å²) < 4.78 is 46.8. The SMILES string of the molecule is O=C(O)CCc1ccc(NCc2cccc3c2CCCN3CCOc2ccc(F)cc2F)cc1F. The Balaban J connectivity index is 1.38. The minimum Gasteiger partial charge on any atom is -0.489 e. The molecule has 0 spiro atoms. The van der Waals surface area contributed by atoms with Gasteiger partial charge in [0.15, 0.2) is 11.6 Å². The van der Waals surface area contributed by atoms with Crippen LogP contribution in [0.1, 0.15) is 29.5 Å². The summed E-state index contributed by atoms with van der Waals surface area (Å²) in [5, 5.41) is 12.1. The zero-order valence-corrected chi connectivity index (χ0v) is 19.2. The third kappa shape index (κ3) is 6.26. The van der Waals surface area contributed by atoms with Crippen molar-refractivity contribution in [2.24, 2.45) is 0 Å². The summed E-state index contributed by atoms with van der Waals surface area (Å²) in [4.78, 5) is 12.9. The van der Waals surface area contributed by atoms with Crippen LogP contribution in [0.5, 0.6) is 5.75 Å². The van der Waals surface area contributed by atoms with E-state index in [1.54, 1.807) is 12.1 Å². The molecule has 2 N–H and O–H groups in total. The van der Waals surface area contributed by atoms with Gasteiger partial charge >= 0.3 is 5.97 Å². The van der Waals surface area contributed by atoms with Crippen molar-refractivity contribution < 1.29 is 27.8 Å². The van der Waals surface area contributed by atoms with Crippen LogP contribution in [0.2, 0.25) is 0 Å². The largest absolute Gasteiger partial charge is 0.489 e. The summed E-state index contributed by atoms with van der Waals surface area (Å²) in [5.74, 6) is -2.71. The van der Waals surface area contributed by atoms with E-state index in [4.69, 9.17) is 9.84 Å². The van der Waals surface area contributed by atoms with Gasteiger partial charge in [-0.3, -0.25) is 4.79 Å². The molecule has 1 aliphatic heterocycles. The molecule has 1 heterocycles. The zero-order valence-electron chi connectivity index (χ0n) is 19.2. The predicted octanol–water partition coefficient (Wildman–Crippen LogP) is 5.56. The van der Waals surface area contributed by atoms with Crippen LogP contribution in [0, 0.1) is 17.5 Å². The molecule has 3 aromatic carbocycles. The number of ether oxygens (including phenoxy) is 1. The monoisotopic (exact) mass is 484 g/mol. The van der Waals surface area contributed by atoms with Gasteiger partial charge in [-0.25, -0.2) is 13.2 Å². The number of fused-ring (bicyclic) bond motifs is 1. The number of anilines is 2. The second-order valence-corrected chi connectivity index (χ2v) is 8.48. The predicted molar refractivity (Wildman–Crippen MR) is 129 cm³/mol. The van der Waals surface area contributed by atoms with Gasteiger partial charge in [-0.1, -0.05) is 18.2 Å². The number of halogens is 3. The fourth-order valence-electron chi connectivity index (χ4n) is 4.33. The van der Waals surface area contributed by atoms with Crippen molar-refractivity contribution in [1.82, 2.24) is 0 Å². The molecule has 0 amide bonds. The second-order valence-electron chi connectivity index (χ2n) is 8.48. The first kappa shape index (κ1) is 24.4. The van der Waals surface area contributed by atoms with Gasteiger partial charge in [-0.2, -0.15) is 0 Å². The summed E-state index contributed by atoms with van der Waals surface area (Å²) in [6.07, 6.45) is 1.92. The summed E-state index contributed by atoms with van der Waals surface area (Å²) in [6, 6.07) is 14.1. The molecule has 35 heavy (non-hydrogen) atoms. The topological polar surface area (TPSA) is 61.8 Å². The highest BCUT2D eigenvalue weighted by Gasteiger charge is 2.19. The van der Waals surface area contributed by atoms with E-state index in [-0.39, 0.29) is 25.2 Å². The van der Waals surface area contributed by atoms with E-state index in [0.29, 0.717) is 24.3 Å². The Labute approximate surface area is 202 Å². The first-order chi connectivity index (χ1) is 16.9. The number of benzene rings is 3. The van der Waals surface area contributed by atoms with Crippen LogP contribution >= 0.6 is 0 Å². The minimum absolute atomic E-state index is 0.0304. The maximum atomic E-state index is 14.3. The van der Waals surface area contributed by atoms with Crippen molar-refractivity contribution >= 4 is 17.3 Å². The second kappa shape index (κ2) is 11.2. The molecule has 8 heteroatoms. The van der Waals surface area contributed by atoms with Crippen molar-refractivity contribution in [3.05, 3.63) is 88.7 Å². The van der Waals surface area contributed by atoms with Crippen molar-refractivity contribution in [2.45, 2.75) is 32.2 Å². The number of carbonyl (C=O) groups is 1. The Kier molecular flexibility index (Phi) is 7.80. The van der Waals surface area contributed by atoms with Crippen molar-refractivity contribution in [3.63, 3.8) is 0 Å². The highest BCUT2D eigenvalue weighted by atomic mass is 19.1. The van der Waals surface area contributed by atoms with E-state index in [9.17, 15) is 18.0 Å². The van der Waals surface area contributed by atoms with Crippen LogP contribution in [-0.4, -0.2) is 30.8 Å². The Bertz CT molecular complexity index is 1200. The van der Waals surface area contributed by atoms with E-state index in [1.165, 1.54) is 23.8 Å². The van der Waals surface area contributed by atoms with Gasteiger partial charge in [0.05, 0.1) is 6.54 Å². The summed E-state index contributed by atoms with van der Waals surface area (Å²) in [7, 11) is 0. The lowest BCUT2D eigenvalue weighted by Gasteiger charge is -2.32. The Morgan fingerprint density at radius 2 is 1.89 bits per heavy atom. The number of rotatable bonds is 10. The lowest BCUT2D eigenvalue weighted by atomic mass is 9.96. The van der Waals surface area contributed by atoms with Crippen molar-refractivity contribution in [3.8, 4) is 5.75 Å². The molecule has 5 nitrogen and oxygen atoms in total. The third-order valence-corrected chi connectivity index (χ3v) is 6.10. The van der Waals surface area contributed by atoms with Crippen LogP contribution in [0.25, 0.3) is 0 Å². The molecule has 1 aliphatic rings. The number of carboxylic acids is 1. The van der Waals surface area contributed by atoms with Crippen LogP contribution in [0.15, 0.2) is 54.6 Å². The lowest BCUT2D eigenvalue weighted by molar-refractivity contribution is -0.136. The zero-order chi connectivity index (χ0) is 24.8. The van der Waals surface area contributed by atoms with Gasteiger partial charge in [0.2, 0.25) is 0 Å². The molecule has 184 valence electrons. The number of aliphatic carboxylic acids is 1. The molecule has 3 aromatic rings. The van der Waals surface area contributed by atoms with Gasteiger partial charge in [-0.15, -0.1) is 0 Å². The third-order valence-electron chi connectivity index (χ3n) is 6.10. The van der Waals surface area contributed by atoms with Crippen molar-refractivity contribution in [2.75, 3.05) is 29.9 Å². The summed E-state index contributed by atoms with van der Waals surface area (Å²) in [5.41, 5.74) is 4.41. The van der Waals surface area contributed by atoms with E-state index in [0.717, 1.165) is 36.7 Å². The molecule has 0 fully saturated rings. The molecule has 0 aliphatic carbocycles. The Hall–Kier alpha value is -3.68. The fraction of sp³-hybridized carbons (Fsp3) is 0.296. The average Bonchev–Trinajstić information content (AvgIpc) is 2.83. The molecule has 0 saturated carbocycles. The van der Waals surface area contributed by atoms with Crippen LogP contribution in [0.3, 0.4) is 0 Å². The first-order valence-corrected chi connectivity index (χ1v) is 11.6. The van der Waals surface area contributed by atoms with E-state index in [1.807, 2.05) is 18.2 Å². The van der Waals surface area contributed by atoms with Crippen molar-refractivity contribution in [1.29, 1.82) is 0 Å². The van der Waals surface area contributed by atoms with Crippen LogP contribution < -0.4 is 15.0 Å². The number of nitrogens with one attached hydrogen (secondary N) is 1. The molecule has 0 aromatic heterocycles. The number of nitrogens with zero attached hydrogens (tertiary/aromatic N) is 1. The van der Waals surface area contributed by atoms with Gasteiger partial charge in [0, 0.05) is 37.0 Å². The maximum absolute atomic E-state index is 14.3. The standard InChI is InChI=1S/C27H27F3N2O3/c28-20-8-10-26(24(30)15-20)35-14-13-32-12-2-4-22-19(3-1-5-25(22)32)17-31-21-9-6-18(23(29)16-21)7-11-27(33)34/h1,3,5-6,8-10,15-16,31H,2,4,7,11-14,17H2,(H,33,34). The normalized spacial score (nSPS) is 12.8. The Morgan fingerprint density at radius 3 is 2.66 bits per heavy atom. The van der Waals surface area contributed by atoms with Gasteiger partial charge < -0.3 is 20.1 Å². The smallest absolute Gasteiger partial charge is 0.303 e. The molecular weight excluding hydrogens is 457 g/mol. The van der Waals surface area contributed by atoms with Crippen LogP contribution in [0.4, 0.5) is 24.5 Å². The minimum atomic E-state index is -0.955. The number of aryl methyl sites for hydroxylation is 1. The van der Waals surface area contributed by atoms with Gasteiger partial charge in [0.25, 0.3) is 0 Å². The van der Waals surface area contributed by atoms with Crippen LogP contribution in [-0.2, 0) is 24.2 Å². The Morgan fingerprint density at radius 1 is 1.03 bits per heavy atom. The van der Waals surface area contributed by atoms with E-state index in [2.05, 4.69) is 10.2 Å². The first-order valence-electron chi connectivity index (χ1n) is 11.6. The maximum Gasteiger partial charge on any atom is 0.303 e. The molecular formula is C27H27F3N2O3. The number of hydrogen-bond acceptors (Lipinski definition) is 4. The molecule has 0 atom stereocenters. The summed E-state index contributed by atoms with van der Waals surface area (Å²) >= 11 is 0. The molecule has 0 radical (unpaired) electrons. The van der Waals surface area contributed by atoms with Gasteiger partial charge in [-0.05, 0) is 66.3 Å². The fourth-order valence-corrected chi connectivity index (χ4v) is 4.33. The average molecular weight is 485 g/mol. The quantitative estimate of drug-likeness (QED) is 0.394. The van der Waals surface area contributed by atoms with E-state index < -0.39 is 23.4 Å². The summed E-state index contributed by atoms with van der Waals surface area (Å²) in [6.45, 7) is 2.19. The lowest BCUT2D eigenvalue weighted by Crippen LogP contribution is -2.33. The highest BCUT2D eigenvalue weighted by Crippen LogP contribution is 2.30. The van der Waals surface area contributed by atoms with E-state index >= 15 is 0 Å². The van der Waals surface area contributed by atoms with Gasteiger partial charge in [0.1, 0.15) is 18.2 Å². The number of hydrogen-bond donors (Lipinski definition) is 2. The number of carboxylic acid groups (broad SMARTS) is 1.